The van der Waals surface area contributed by atoms with Crippen molar-refractivity contribution in [1.29, 1.82) is 0 Å². The molecule has 2 aromatic heterocycles. The van der Waals surface area contributed by atoms with E-state index >= 15 is 0 Å². The number of carbonyl (C=O) groups is 2. The fraction of sp³-hybridized carbons (Fsp3) is 0.267. The normalized spacial score (nSPS) is 10.3. The van der Waals surface area contributed by atoms with Crippen molar-refractivity contribution >= 4 is 17.3 Å². The maximum absolute atomic E-state index is 12.1. The Hall–Kier alpha value is -2.63. The second-order valence-electron chi connectivity index (χ2n) is 4.49. The quantitative estimate of drug-likeness (QED) is 0.788. The SMILES string of the molecule is C=CCNC(=O)c1nc(C(=O)NCCC)n2ccccc12. The van der Waals surface area contributed by atoms with E-state index in [4.69, 9.17) is 0 Å². The van der Waals surface area contributed by atoms with Gasteiger partial charge in [-0.25, -0.2) is 4.98 Å². The largest absolute Gasteiger partial charge is 0.349 e. The van der Waals surface area contributed by atoms with E-state index in [-0.39, 0.29) is 23.3 Å². The monoisotopic (exact) mass is 286 g/mol. The highest BCUT2D eigenvalue weighted by Gasteiger charge is 2.20. The van der Waals surface area contributed by atoms with Gasteiger partial charge < -0.3 is 10.6 Å². The molecule has 2 aromatic rings. The molecular weight excluding hydrogens is 268 g/mol. The molecule has 2 heterocycles. The molecule has 0 aliphatic heterocycles. The lowest BCUT2D eigenvalue weighted by atomic mass is 10.3. The van der Waals surface area contributed by atoms with Gasteiger partial charge >= 0.3 is 0 Å². The Morgan fingerprint density at radius 2 is 2.14 bits per heavy atom. The molecule has 2 amide bonds. The number of hydrogen-bond acceptors (Lipinski definition) is 3. The first-order chi connectivity index (χ1) is 10.2. The number of nitrogens with one attached hydrogen (secondary N) is 2. The van der Waals surface area contributed by atoms with Crippen LogP contribution >= 0.6 is 0 Å². The summed E-state index contributed by atoms with van der Waals surface area (Å²) < 4.78 is 1.62. The average molecular weight is 286 g/mol. The molecule has 0 bridgehead atoms. The summed E-state index contributed by atoms with van der Waals surface area (Å²) >= 11 is 0. The van der Waals surface area contributed by atoms with Crippen LogP contribution in [0.3, 0.4) is 0 Å². The molecule has 0 unspecified atom stereocenters. The Bertz CT molecular complexity index is 675. The highest BCUT2D eigenvalue weighted by atomic mass is 16.2. The Morgan fingerprint density at radius 3 is 2.86 bits per heavy atom. The average Bonchev–Trinajstić information content (AvgIpc) is 2.90. The summed E-state index contributed by atoms with van der Waals surface area (Å²) in [5.41, 5.74) is 0.833. The molecule has 0 aliphatic rings. The number of nitrogens with zero attached hydrogens (tertiary/aromatic N) is 2. The molecule has 0 atom stereocenters. The van der Waals surface area contributed by atoms with Crippen molar-refractivity contribution < 1.29 is 9.59 Å². The number of fused-ring (bicyclic) bond motifs is 1. The van der Waals surface area contributed by atoms with Gasteiger partial charge in [0, 0.05) is 19.3 Å². The van der Waals surface area contributed by atoms with Gasteiger partial charge in [0.05, 0.1) is 5.52 Å². The summed E-state index contributed by atoms with van der Waals surface area (Å²) in [5.74, 6) is -0.406. The molecule has 0 saturated carbocycles. The van der Waals surface area contributed by atoms with E-state index in [0.29, 0.717) is 18.6 Å². The number of pyridine rings is 1. The fourth-order valence-electron chi connectivity index (χ4n) is 1.93. The molecule has 2 N–H and O–H groups in total. The summed E-state index contributed by atoms with van der Waals surface area (Å²) in [6.45, 7) is 6.44. The van der Waals surface area contributed by atoms with Crippen LogP contribution in [-0.2, 0) is 0 Å². The predicted octanol–water partition coefficient (Wildman–Crippen LogP) is 1.39. The molecular formula is C15H18N4O2. The smallest absolute Gasteiger partial charge is 0.287 e. The van der Waals surface area contributed by atoms with Gasteiger partial charge in [-0.3, -0.25) is 14.0 Å². The molecule has 0 fully saturated rings. The van der Waals surface area contributed by atoms with E-state index in [0.717, 1.165) is 6.42 Å². The van der Waals surface area contributed by atoms with Crippen LogP contribution in [0.4, 0.5) is 0 Å². The van der Waals surface area contributed by atoms with Crippen molar-refractivity contribution in [3.63, 3.8) is 0 Å². The van der Waals surface area contributed by atoms with Gasteiger partial charge in [-0.05, 0) is 18.6 Å². The third kappa shape index (κ3) is 3.10. The summed E-state index contributed by atoms with van der Waals surface area (Å²) in [6.07, 6.45) is 4.14. The maximum Gasteiger partial charge on any atom is 0.287 e. The first-order valence-electron chi connectivity index (χ1n) is 6.83. The molecule has 110 valence electrons. The van der Waals surface area contributed by atoms with Crippen LogP contribution in [0, 0.1) is 0 Å². The molecule has 0 aliphatic carbocycles. The molecule has 0 saturated heterocycles. The van der Waals surface area contributed by atoms with Crippen molar-refractivity contribution in [2.24, 2.45) is 0 Å². The summed E-state index contributed by atoms with van der Waals surface area (Å²) in [4.78, 5) is 28.4. The zero-order valence-electron chi connectivity index (χ0n) is 11.9. The molecule has 2 rings (SSSR count). The molecule has 0 aromatic carbocycles. The zero-order chi connectivity index (χ0) is 15.2. The third-order valence-electron chi connectivity index (χ3n) is 2.91. The van der Waals surface area contributed by atoms with Gasteiger partial charge in [0.15, 0.2) is 5.69 Å². The second kappa shape index (κ2) is 6.69. The summed E-state index contributed by atoms with van der Waals surface area (Å²) in [5, 5.41) is 5.44. The molecule has 21 heavy (non-hydrogen) atoms. The summed E-state index contributed by atoms with van der Waals surface area (Å²) in [6, 6.07) is 5.35. The zero-order valence-corrected chi connectivity index (χ0v) is 11.9. The molecule has 0 spiro atoms. The molecule has 0 radical (unpaired) electrons. The Morgan fingerprint density at radius 1 is 1.33 bits per heavy atom. The number of hydrogen-bond donors (Lipinski definition) is 2. The first-order valence-corrected chi connectivity index (χ1v) is 6.83. The minimum absolute atomic E-state index is 0.211. The topological polar surface area (TPSA) is 75.5 Å². The van der Waals surface area contributed by atoms with Crippen molar-refractivity contribution in [3.8, 4) is 0 Å². The number of imidazole rings is 1. The lowest BCUT2D eigenvalue weighted by molar-refractivity contribution is 0.0942. The lowest BCUT2D eigenvalue weighted by Gasteiger charge is -2.01. The number of aromatic nitrogens is 2. The van der Waals surface area contributed by atoms with Gasteiger partial charge in [0.25, 0.3) is 11.8 Å². The van der Waals surface area contributed by atoms with E-state index in [1.807, 2.05) is 6.92 Å². The third-order valence-corrected chi connectivity index (χ3v) is 2.91. The minimum Gasteiger partial charge on any atom is -0.349 e. The Labute approximate surface area is 122 Å². The van der Waals surface area contributed by atoms with Crippen LogP contribution in [-0.4, -0.2) is 34.3 Å². The van der Waals surface area contributed by atoms with Crippen molar-refractivity contribution in [1.82, 2.24) is 20.0 Å². The Balaban J connectivity index is 2.41. The van der Waals surface area contributed by atoms with Crippen LogP contribution in [0.5, 0.6) is 0 Å². The fourth-order valence-corrected chi connectivity index (χ4v) is 1.93. The molecule has 6 heteroatoms. The van der Waals surface area contributed by atoms with Crippen molar-refractivity contribution in [2.75, 3.05) is 13.1 Å². The van der Waals surface area contributed by atoms with Crippen LogP contribution in [0.25, 0.3) is 5.52 Å². The van der Waals surface area contributed by atoms with Crippen molar-refractivity contribution in [3.05, 3.63) is 48.6 Å². The van der Waals surface area contributed by atoms with Crippen LogP contribution in [0.15, 0.2) is 37.1 Å². The van der Waals surface area contributed by atoms with Gasteiger partial charge in [-0.2, -0.15) is 0 Å². The summed E-state index contributed by atoms with van der Waals surface area (Å²) in [7, 11) is 0. The maximum atomic E-state index is 12.1. The van der Waals surface area contributed by atoms with E-state index in [2.05, 4.69) is 22.2 Å². The Kier molecular flexibility index (Phi) is 4.71. The van der Waals surface area contributed by atoms with Crippen molar-refractivity contribution in [2.45, 2.75) is 13.3 Å². The van der Waals surface area contributed by atoms with E-state index < -0.39 is 0 Å². The first kappa shape index (κ1) is 14.8. The highest BCUT2D eigenvalue weighted by molar-refractivity contribution is 6.02. The van der Waals surface area contributed by atoms with Gasteiger partial charge in [0.2, 0.25) is 5.82 Å². The lowest BCUT2D eigenvalue weighted by Crippen LogP contribution is -2.26. The minimum atomic E-state index is -0.326. The van der Waals surface area contributed by atoms with Gasteiger partial charge in [0.1, 0.15) is 0 Å². The number of amides is 2. The standard InChI is InChI=1S/C15H18N4O2/c1-3-8-16-14(20)12-11-7-5-6-10-19(11)13(18-12)15(21)17-9-4-2/h3,5-7,10H,1,4,8-9H2,2H3,(H,16,20)(H,17,21). The van der Waals surface area contributed by atoms with Crippen LogP contribution in [0.1, 0.15) is 34.5 Å². The van der Waals surface area contributed by atoms with Gasteiger partial charge in [-0.15, -0.1) is 6.58 Å². The van der Waals surface area contributed by atoms with E-state index in [1.54, 1.807) is 34.9 Å². The van der Waals surface area contributed by atoms with E-state index in [1.165, 1.54) is 0 Å². The number of rotatable bonds is 6. The van der Waals surface area contributed by atoms with Gasteiger partial charge in [-0.1, -0.05) is 19.1 Å². The highest BCUT2D eigenvalue weighted by Crippen LogP contribution is 2.13. The van der Waals surface area contributed by atoms with Crippen LogP contribution < -0.4 is 10.6 Å². The van der Waals surface area contributed by atoms with E-state index in [9.17, 15) is 9.59 Å². The van der Waals surface area contributed by atoms with Crippen LogP contribution in [0.2, 0.25) is 0 Å². The molecule has 6 nitrogen and oxygen atoms in total. The predicted molar refractivity (Wildman–Crippen MR) is 80.3 cm³/mol. The second-order valence-corrected chi connectivity index (χ2v) is 4.49. The number of carbonyl (C=O) groups excluding carboxylic acids is 2.